The van der Waals surface area contributed by atoms with Gasteiger partial charge in [-0.2, -0.15) is 0 Å². The van der Waals surface area contributed by atoms with Crippen molar-refractivity contribution in [2.45, 2.75) is 23.0 Å². The molecule has 2 nitrogen and oxygen atoms in total. The third-order valence-electron chi connectivity index (χ3n) is 1.32. The molecule has 2 unspecified atom stereocenters. The van der Waals surface area contributed by atoms with Crippen molar-refractivity contribution < 1.29 is 10.2 Å². The van der Waals surface area contributed by atoms with Crippen LogP contribution in [-0.2, 0) is 0 Å². The molecule has 0 radical (unpaired) electrons. The summed E-state index contributed by atoms with van der Waals surface area (Å²) < 4.78 is 0. The molecule has 1 aliphatic rings. The third-order valence-corrected chi connectivity index (χ3v) is 1.87. The SMILES string of the molecule is OC1(Cl)C=CCC(O)(Cl)C1. The second-order valence-electron chi connectivity index (χ2n) is 2.52. The van der Waals surface area contributed by atoms with Crippen molar-refractivity contribution in [3.8, 4) is 0 Å². The Labute approximate surface area is 69.1 Å². The van der Waals surface area contributed by atoms with E-state index >= 15 is 0 Å². The molecule has 0 amide bonds. The summed E-state index contributed by atoms with van der Waals surface area (Å²) in [4.78, 5) is 0. The van der Waals surface area contributed by atoms with E-state index in [1.807, 2.05) is 0 Å². The Morgan fingerprint density at radius 1 is 1.30 bits per heavy atom. The molecule has 0 saturated heterocycles. The fourth-order valence-corrected chi connectivity index (χ4v) is 1.60. The summed E-state index contributed by atoms with van der Waals surface area (Å²) in [5.41, 5.74) is 0. The highest BCUT2D eigenvalue weighted by atomic mass is 35.5. The van der Waals surface area contributed by atoms with Crippen molar-refractivity contribution in [2.24, 2.45) is 0 Å². The molecule has 0 aromatic carbocycles. The first-order valence-electron chi connectivity index (χ1n) is 2.92. The molecular weight excluding hydrogens is 175 g/mol. The van der Waals surface area contributed by atoms with Gasteiger partial charge in [0.1, 0.15) is 5.06 Å². The zero-order valence-electron chi connectivity index (χ0n) is 5.22. The van der Waals surface area contributed by atoms with Gasteiger partial charge in [0.2, 0.25) is 0 Å². The maximum absolute atomic E-state index is 9.18. The van der Waals surface area contributed by atoms with Crippen LogP contribution in [0, 0.1) is 0 Å². The molecule has 0 fully saturated rings. The van der Waals surface area contributed by atoms with E-state index in [0.29, 0.717) is 6.42 Å². The quantitative estimate of drug-likeness (QED) is 0.437. The van der Waals surface area contributed by atoms with Gasteiger partial charge in [0.25, 0.3) is 0 Å². The van der Waals surface area contributed by atoms with Gasteiger partial charge in [-0.3, -0.25) is 0 Å². The number of hydrogen-bond donors (Lipinski definition) is 2. The first kappa shape index (κ1) is 8.34. The lowest BCUT2D eigenvalue weighted by atomic mass is 10.0. The highest BCUT2D eigenvalue weighted by Gasteiger charge is 2.36. The molecule has 58 valence electrons. The molecule has 0 heterocycles. The van der Waals surface area contributed by atoms with E-state index in [-0.39, 0.29) is 6.42 Å². The Balaban J connectivity index is 2.73. The van der Waals surface area contributed by atoms with Crippen LogP contribution in [0.15, 0.2) is 12.2 Å². The predicted molar refractivity (Wildman–Crippen MR) is 40.0 cm³/mol. The summed E-state index contributed by atoms with van der Waals surface area (Å²) >= 11 is 11.0. The zero-order valence-corrected chi connectivity index (χ0v) is 6.73. The minimum absolute atomic E-state index is 0.0421. The van der Waals surface area contributed by atoms with Gasteiger partial charge in [-0.1, -0.05) is 29.3 Å². The van der Waals surface area contributed by atoms with Crippen molar-refractivity contribution in [1.82, 2.24) is 0 Å². The van der Waals surface area contributed by atoms with Crippen molar-refractivity contribution in [3.63, 3.8) is 0 Å². The van der Waals surface area contributed by atoms with Gasteiger partial charge in [0.15, 0.2) is 5.06 Å². The number of alkyl halides is 2. The van der Waals surface area contributed by atoms with Gasteiger partial charge >= 0.3 is 0 Å². The van der Waals surface area contributed by atoms with Crippen LogP contribution in [0.25, 0.3) is 0 Å². The maximum atomic E-state index is 9.18. The van der Waals surface area contributed by atoms with Crippen LogP contribution in [0.1, 0.15) is 12.8 Å². The summed E-state index contributed by atoms with van der Waals surface area (Å²) in [5, 5.41) is 15.5. The molecular formula is C6H8Cl2O2. The molecule has 0 spiro atoms. The molecule has 4 heteroatoms. The van der Waals surface area contributed by atoms with Gasteiger partial charge in [-0.05, 0) is 6.08 Å². The Hall–Kier alpha value is 0.240. The van der Waals surface area contributed by atoms with Crippen LogP contribution in [0.5, 0.6) is 0 Å². The lowest BCUT2D eigenvalue weighted by Crippen LogP contribution is -2.35. The smallest absolute Gasteiger partial charge is 0.161 e. The van der Waals surface area contributed by atoms with E-state index in [2.05, 4.69) is 0 Å². The van der Waals surface area contributed by atoms with Crippen LogP contribution < -0.4 is 0 Å². The average molecular weight is 183 g/mol. The molecule has 2 N–H and O–H groups in total. The lowest BCUT2D eigenvalue weighted by molar-refractivity contribution is 0.0457. The minimum atomic E-state index is -1.48. The third kappa shape index (κ3) is 2.13. The van der Waals surface area contributed by atoms with Gasteiger partial charge < -0.3 is 10.2 Å². The molecule has 1 rings (SSSR count). The second kappa shape index (κ2) is 2.38. The summed E-state index contributed by atoms with van der Waals surface area (Å²) in [6.45, 7) is 0. The summed E-state index contributed by atoms with van der Waals surface area (Å²) in [6.07, 6.45) is 3.26. The van der Waals surface area contributed by atoms with Crippen molar-refractivity contribution >= 4 is 23.2 Å². The van der Waals surface area contributed by atoms with Crippen molar-refractivity contribution in [3.05, 3.63) is 12.2 Å². The maximum Gasteiger partial charge on any atom is 0.161 e. The molecule has 10 heavy (non-hydrogen) atoms. The Kier molecular flexibility index (Phi) is 1.98. The second-order valence-corrected chi connectivity index (χ2v) is 3.88. The summed E-state index contributed by atoms with van der Waals surface area (Å²) in [7, 11) is 0. The molecule has 2 atom stereocenters. The molecule has 0 aliphatic heterocycles. The van der Waals surface area contributed by atoms with E-state index < -0.39 is 10.1 Å². The van der Waals surface area contributed by atoms with E-state index in [9.17, 15) is 5.11 Å². The highest BCUT2D eigenvalue weighted by Crippen LogP contribution is 2.35. The number of hydrogen-bond acceptors (Lipinski definition) is 2. The molecule has 0 saturated carbocycles. The average Bonchev–Trinajstić information content (AvgIpc) is 1.56. The number of rotatable bonds is 0. The fourth-order valence-electron chi connectivity index (χ4n) is 0.931. The number of aliphatic hydroxyl groups is 2. The van der Waals surface area contributed by atoms with Gasteiger partial charge in [0, 0.05) is 12.8 Å². The normalized spacial score (nSPS) is 47.6. The van der Waals surface area contributed by atoms with Crippen LogP contribution >= 0.6 is 23.2 Å². The summed E-state index contributed by atoms with van der Waals surface area (Å²) in [5.74, 6) is 0. The monoisotopic (exact) mass is 182 g/mol. The van der Waals surface area contributed by atoms with E-state index in [1.165, 1.54) is 6.08 Å². The molecule has 1 aliphatic carbocycles. The van der Waals surface area contributed by atoms with E-state index in [4.69, 9.17) is 28.3 Å². The molecule has 0 aromatic rings. The fraction of sp³-hybridized carbons (Fsp3) is 0.667. The highest BCUT2D eigenvalue weighted by molar-refractivity contribution is 6.27. The van der Waals surface area contributed by atoms with E-state index in [0.717, 1.165) is 0 Å². The van der Waals surface area contributed by atoms with Crippen LogP contribution in [-0.4, -0.2) is 20.3 Å². The van der Waals surface area contributed by atoms with Gasteiger partial charge in [-0.15, -0.1) is 0 Å². The molecule has 0 aromatic heterocycles. The first-order valence-corrected chi connectivity index (χ1v) is 3.67. The van der Waals surface area contributed by atoms with E-state index in [1.54, 1.807) is 6.08 Å². The Morgan fingerprint density at radius 3 is 2.20 bits per heavy atom. The van der Waals surface area contributed by atoms with Gasteiger partial charge in [0.05, 0.1) is 0 Å². The number of halogens is 2. The Morgan fingerprint density at radius 2 is 1.90 bits per heavy atom. The Bertz CT molecular complexity index is 163. The lowest BCUT2D eigenvalue weighted by Gasteiger charge is -2.29. The first-order chi connectivity index (χ1) is 4.41. The minimum Gasteiger partial charge on any atom is -0.375 e. The van der Waals surface area contributed by atoms with Crippen molar-refractivity contribution in [1.29, 1.82) is 0 Å². The topological polar surface area (TPSA) is 40.5 Å². The zero-order chi connectivity index (χ0) is 7.83. The summed E-state index contributed by atoms with van der Waals surface area (Å²) in [6, 6.07) is 0. The molecule has 0 bridgehead atoms. The predicted octanol–water partition coefficient (Wildman–Crippen LogP) is 1.19. The van der Waals surface area contributed by atoms with Crippen LogP contribution in [0.2, 0.25) is 0 Å². The van der Waals surface area contributed by atoms with Gasteiger partial charge in [-0.25, -0.2) is 0 Å². The van der Waals surface area contributed by atoms with Crippen LogP contribution in [0.3, 0.4) is 0 Å². The largest absolute Gasteiger partial charge is 0.375 e. The van der Waals surface area contributed by atoms with Crippen LogP contribution in [0.4, 0.5) is 0 Å². The standard InChI is InChI=1S/C6H8Cl2O2/c7-5(9)2-1-3-6(8,10)4-5/h1-2,9-10H,3-4H2. The van der Waals surface area contributed by atoms with Crippen molar-refractivity contribution in [2.75, 3.05) is 0 Å².